The molecule has 0 heterocycles. The van der Waals surface area contributed by atoms with Crippen LogP contribution >= 0.6 is 11.6 Å². The lowest BCUT2D eigenvalue weighted by Crippen LogP contribution is -2.26. The molecule has 21 heavy (non-hydrogen) atoms. The largest absolute Gasteiger partial charge is 0.392 e. The number of rotatable bonds is 6. The standard InChI is InChI=1S/C15H16ClNO3S/c16-14-7-5-12(6-8-14)9-10-17-21(19,20)15-4-2-1-3-13(15)11-18/h1-8,17-18H,9-11H2. The molecule has 4 nitrogen and oxygen atoms in total. The van der Waals surface area contributed by atoms with Crippen LogP contribution in [0, 0.1) is 0 Å². The molecule has 0 aliphatic rings. The lowest BCUT2D eigenvalue weighted by atomic mass is 10.2. The number of hydrogen-bond donors (Lipinski definition) is 2. The van der Waals surface area contributed by atoms with Gasteiger partial charge < -0.3 is 5.11 Å². The van der Waals surface area contributed by atoms with Crippen LogP contribution in [0.2, 0.25) is 5.02 Å². The monoisotopic (exact) mass is 325 g/mol. The fourth-order valence-corrected chi connectivity index (χ4v) is 3.34. The summed E-state index contributed by atoms with van der Waals surface area (Å²) in [4.78, 5) is 0.114. The molecule has 2 aromatic rings. The first-order valence-electron chi connectivity index (χ1n) is 6.46. The van der Waals surface area contributed by atoms with Crippen LogP contribution in [0.1, 0.15) is 11.1 Å². The van der Waals surface area contributed by atoms with E-state index in [9.17, 15) is 13.5 Å². The summed E-state index contributed by atoms with van der Waals surface area (Å²) in [5.74, 6) is 0. The second-order valence-electron chi connectivity index (χ2n) is 4.54. The third-order valence-electron chi connectivity index (χ3n) is 3.05. The molecular weight excluding hydrogens is 310 g/mol. The Labute approximate surface area is 129 Å². The fourth-order valence-electron chi connectivity index (χ4n) is 1.96. The minimum atomic E-state index is -3.62. The molecule has 0 unspecified atom stereocenters. The van der Waals surface area contributed by atoms with Gasteiger partial charge in [-0.25, -0.2) is 13.1 Å². The third kappa shape index (κ3) is 4.28. The molecule has 0 radical (unpaired) electrons. The number of nitrogens with one attached hydrogen (secondary N) is 1. The average molecular weight is 326 g/mol. The van der Waals surface area contributed by atoms with Gasteiger partial charge in [-0.2, -0.15) is 0 Å². The Kier molecular flexibility index (Phi) is 5.36. The normalized spacial score (nSPS) is 11.5. The maximum absolute atomic E-state index is 12.2. The Balaban J connectivity index is 2.03. The molecule has 0 amide bonds. The Hall–Kier alpha value is -1.40. The van der Waals surface area contributed by atoms with Crippen LogP contribution in [-0.2, 0) is 23.1 Å². The molecule has 6 heteroatoms. The summed E-state index contributed by atoms with van der Waals surface area (Å²) in [6, 6.07) is 13.7. The summed E-state index contributed by atoms with van der Waals surface area (Å²) >= 11 is 5.80. The van der Waals surface area contributed by atoms with Gasteiger partial charge in [0.15, 0.2) is 0 Å². The number of hydrogen-bond acceptors (Lipinski definition) is 3. The van der Waals surface area contributed by atoms with Gasteiger partial charge in [-0.05, 0) is 35.7 Å². The molecule has 0 aliphatic carbocycles. The van der Waals surface area contributed by atoms with Crippen molar-refractivity contribution in [1.82, 2.24) is 4.72 Å². The van der Waals surface area contributed by atoms with Crippen LogP contribution < -0.4 is 4.72 Å². The van der Waals surface area contributed by atoms with E-state index in [4.69, 9.17) is 11.6 Å². The van der Waals surface area contributed by atoms with Crippen LogP contribution in [0.25, 0.3) is 0 Å². The molecule has 2 aromatic carbocycles. The van der Waals surface area contributed by atoms with Crippen LogP contribution in [0.3, 0.4) is 0 Å². The van der Waals surface area contributed by atoms with E-state index in [1.807, 2.05) is 12.1 Å². The first kappa shape index (κ1) is 16.0. The molecule has 0 saturated carbocycles. The van der Waals surface area contributed by atoms with E-state index in [1.54, 1.807) is 30.3 Å². The van der Waals surface area contributed by atoms with Crippen molar-refractivity contribution in [3.8, 4) is 0 Å². The lowest BCUT2D eigenvalue weighted by molar-refractivity contribution is 0.278. The van der Waals surface area contributed by atoms with E-state index >= 15 is 0 Å². The van der Waals surface area contributed by atoms with E-state index in [1.165, 1.54) is 6.07 Å². The van der Waals surface area contributed by atoms with Gasteiger partial charge in [0.1, 0.15) is 0 Å². The highest BCUT2D eigenvalue weighted by atomic mass is 35.5. The van der Waals surface area contributed by atoms with E-state index in [0.29, 0.717) is 17.0 Å². The zero-order valence-electron chi connectivity index (χ0n) is 11.3. The van der Waals surface area contributed by atoms with Gasteiger partial charge in [-0.15, -0.1) is 0 Å². The predicted octanol–water partition coefficient (Wildman–Crippen LogP) is 2.35. The molecule has 0 aliphatic heterocycles. The molecule has 0 aromatic heterocycles. The zero-order valence-corrected chi connectivity index (χ0v) is 12.9. The number of halogens is 1. The van der Waals surface area contributed by atoms with Crippen molar-refractivity contribution in [3.05, 3.63) is 64.7 Å². The van der Waals surface area contributed by atoms with E-state index in [-0.39, 0.29) is 18.0 Å². The molecule has 0 atom stereocenters. The molecule has 0 spiro atoms. The zero-order chi connectivity index (χ0) is 15.3. The topological polar surface area (TPSA) is 66.4 Å². The highest BCUT2D eigenvalue weighted by Crippen LogP contribution is 2.15. The van der Waals surface area contributed by atoms with Crippen molar-refractivity contribution in [3.63, 3.8) is 0 Å². The van der Waals surface area contributed by atoms with Crippen molar-refractivity contribution in [1.29, 1.82) is 0 Å². The van der Waals surface area contributed by atoms with E-state index < -0.39 is 10.0 Å². The summed E-state index contributed by atoms with van der Waals surface area (Å²) in [6.07, 6.45) is 0.567. The van der Waals surface area contributed by atoms with E-state index in [0.717, 1.165) is 5.56 Å². The van der Waals surface area contributed by atoms with Crippen LogP contribution in [-0.4, -0.2) is 20.1 Å². The highest BCUT2D eigenvalue weighted by molar-refractivity contribution is 7.89. The van der Waals surface area contributed by atoms with Gasteiger partial charge in [0.2, 0.25) is 10.0 Å². The van der Waals surface area contributed by atoms with Gasteiger partial charge in [0.05, 0.1) is 11.5 Å². The second-order valence-corrected chi connectivity index (χ2v) is 6.71. The Morgan fingerprint density at radius 1 is 1.05 bits per heavy atom. The van der Waals surface area contributed by atoms with Crippen molar-refractivity contribution < 1.29 is 13.5 Å². The summed E-state index contributed by atoms with van der Waals surface area (Å²) < 4.78 is 27.0. The summed E-state index contributed by atoms with van der Waals surface area (Å²) in [6.45, 7) is -0.0298. The van der Waals surface area contributed by atoms with Gasteiger partial charge in [0, 0.05) is 11.6 Å². The molecule has 112 valence electrons. The minimum Gasteiger partial charge on any atom is -0.392 e. The molecule has 0 saturated heterocycles. The van der Waals surface area contributed by atoms with Crippen molar-refractivity contribution in [2.75, 3.05) is 6.54 Å². The highest BCUT2D eigenvalue weighted by Gasteiger charge is 2.16. The van der Waals surface area contributed by atoms with Crippen molar-refractivity contribution >= 4 is 21.6 Å². The lowest BCUT2D eigenvalue weighted by Gasteiger charge is -2.10. The van der Waals surface area contributed by atoms with Gasteiger partial charge >= 0.3 is 0 Å². The molecular formula is C15H16ClNO3S. The number of benzene rings is 2. The van der Waals surface area contributed by atoms with Crippen molar-refractivity contribution in [2.24, 2.45) is 0 Å². The van der Waals surface area contributed by atoms with Crippen LogP contribution in [0.5, 0.6) is 0 Å². The molecule has 0 fully saturated rings. The number of aliphatic hydroxyl groups excluding tert-OH is 1. The average Bonchev–Trinajstić information content (AvgIpc) is 2.49. The summed E-state index contributed by atoms with van der Waals surface area (Å²) in [5.41, 5.74) is 1.38. The van der Waals surface area contributed by atoms with Gasteiger partial charge in [-0.1, -0.05) is 41.9 Å². The maximum atomic E-state index is 12.2. The SMILES string of the molecule is O=S(=O)(NCCc1ccc(Cl)cc1)c1ccccc1CO. The number of aliphatic hydroxyl groups is 1. The summed E-state index contributed by atoms with van der Waals surface area (Å²) in [7, 11) is -3.62. The van der Waals surface area contributed by atoms with Crippen molar-refractivity contribution in [2.45, 2.75) is 17.9 Å². The first-order chi connectivity index (χ1) is 10.0. The van der Waals surface area contributed by atoms with Gasteiger partial charge in [-0.3, -0.25) is 0 Å². The quantitative estimate of drug-likeness (QED) is 0.856. The second kappa shape index (κ2) is 7.04. The molecule has 2 rings (SSSR count). The Morgan fingerprint density at radius 3 is 2.38 bits per heavy atom. The summed E-state index contributed by atoms with van der Waals surface area (Å²) in [5, 5.41) is 9.86. The Morgan fingerprint density at radius 2 is 1.71 bits per heavy atom. The van der Waals surface area contributed by atoms with E-state index in [2.05, 4.69) is 4.72 Å². The third-order valence-corrected chi connectivity index (χ3v) is 4.86. The molecule has 0 bridgehead atoms. The van der Waals surface area contributed by atoms with Crippen LogP contribution in [0.15, 0.2) is 53.4 Å². The predicted molar refractivity (Wildman–Crippen MR) is 82.7 cm³/mol. The number of sulfonamides is 1. The first-order valence-corrected chi connectivity index (χ1v) is 8.32. The fraction of sp³-hybridized carbons (Fsp3) is 0.200. The smallest absolute Gasteiger partial charge is 0.240 e. The maximum Gasteiger partial charge on any atom is 0.240 e. The minimum absolute atomic E-state index is 0.114. The van der Waals surface area contributed by atoms with Crippen LogP contribution in [0.4, 0.5) is 0 Å². The molecule has 2 N–H and O–H groups in total. The Bertz CT molecular complexity index is 699. The van der Waals surface area contributed by atoms with Gasteiger partial charge in [0.25, 0.3) is 0 Å².